The zero-order chi connectivity index (χ0) is 15.8. The number of hydrogen-bond donors (Lipinski definition) is 1. The molecule has 1 aromatic carbocycles. The molecule has 21 heavy (non-hydrogen) atoms. The number of aliphatic carboxylic acids is 1. The highest BCUT2D eigenvalue weighted by molar-refractivity contribution is 5.69. The van der Waals surface area contributed by atoms with Crippen LogP contribution in [-0.2, 0) is 4.79 Å². The largest absolute Gasteiger partial charge is 0.493 e. The smallest absolute Gasteiger partial charge is 0.304 e. The fraction of sp³-hybridized carbons (Fsp3) is 0.500. The zero-order valence-corrected chi connectivity index (χ0v) is 13.2. The summed E-state index contributed by atoms with van der Waals surface area (Å²) in [6, 6.07) is 7.56. The molecule has 0 heterocycles. The molecule has 2 atom stereocenters. The van der Waals surface area contributed by atoms with Crippen LogP contribution in [0, 0.1) is 23.7 Å². The van der Waals surface area contributed by atoms with E-state index in [1.807, 2.05) is 24.3 Å². The lowest BCUT2D eigenvalue weighted by Gasteiger charge is -2.16. The molecular formula is C18H24O3. The summed E-state index contributed by atoms with van der Waals surface area (Å²) in [5.74, 6) is 6.52. The predicted molar refractivity (Wildman–Crippen MR) is 84.4 cm³/mol. The van der Waals surface area contributed by atoms with Crippen molar-refractivity contribution >= 4 is 5.97 Å². The van der Waals surface area contributed by atoms with Crippen molar-refractivity contribution in [3.8, 4) is 17.6 Å². The molecule has 0 radical (unpaired) electrons. The van der Waals surface area contributed by atoms with Crippen molar-refractivity contribution in [2.75, 3.05) is 6.61 Å². The molecule has 3 heteroatoms. The Morgan fingerprint density at radius 3 is 2.33 bits per heavy atom. The van der Waals surface area contributed by atoms with Crippen LogP contribution in [0.4, 0.5) is 0 Å². The summed E-state index contributed by atoms with van der Waals surface area (Å²) in [5, 5.41) is 8.93. The van der Waals surface area contributed by atoms with Gasteiger partial charge in [-0.05, 0) is 36.5 Å². The molecular weight excluding hydrogens is 264 g/mol. The minimum absolute atomic E-state index is 0.0193. The predicted octanol–water partition coefficient (Wildman–Crippen LogP) is 3.94. The van der Waals surface area contributed by atoms with Gasteiger partial charge in [0.25, 0.3) is 0 Å². The Kier molecular flexibility index (Phi) is 6.81. The molecule has 0 aliphatic rings. The first-order chi connectivity index (χ1) is 9.93. The van der Waals surface area contributed by atoms with Crippen LogP contribution in [0.3, 0.4) is 0 Å². The van der Waals surface area contributed by atoms with E-state index in [2.05, 4.69) is 32.6 Å². The van der Waals surface area contributed by atoms with Crippen molar-refractivity contribution in [3.05, 3.63) is 29.8 Å². The van der Waals surface area contributed by atoms with E-state index in [1.54, 1.807) is 6.92 Å². The van der Waals surface area contributed by atoms with Gasteiger partial charge in [-0.1, -0.05) is 38.8 Å². The highest BCUT2D eigenvalue weighted by atomic mass is 16.5. The van der Waals surface area contributed by atoms with Gasteiger partial charge in [-0.15, -0.1) is 5.92 Å². The molecule has 0 aliphatic carbocycles. The van der Waals surface area contributed by atoms with Gasteiger partial charge < -0.3 is 9.84 Å². The van der Waals surface area contributed by atoms with Gasteiger partial charge in [0.1, 0.15) is 5.75 Å². The number of carbonyl (C=O) groups is 1. The summed E-state index contributed by atoms with van der Waals surface area (Å²) in [4.78, 5) is 10.9. The Morgan fingerprint density at radius 2 is 1.86 bits per heavy atom. The monoisotopic (exact) mass is 288 g/mol. The first-order valence-corrected chi connectivity index (χ1v) is 7.30. The molecule has 0 fully saturated rings. The minimum Gasteiger partial charge on any atom is -0.493 e. The average molecular weight is 288 g/mol. The molecule has 3 nitrogen and oxygen atoms in total. The maximum absolute atomic E-state index is 10.9. The van der Waals surface area contributed by atoms with Crippen molar-refractivity contribution in [2.45, 2.75) is 40.0 Å². The first kappa shape index (κ1) is 17.1. The van der Waals surface area contributed by atoms with E-state index in [-0.39, 0.29) is 12.3 Å². The van der Waals surface area contributed by atoms with Gasteiger partial charge in [-0.25, -0.2) is 0 Å². The van der Waals surface area contributed by atoms with Gasteiger partial charge in [-0.3, -0.25) is 4.79 Å². The standard InChI is InChI=1S/C18H24O3/c1-5-6-16(11-18(19)20)15-7-9-17(10-8-15)21-12-14(4)13(2)3/h7-10,13-14,16H,11-12H2,1-4H3,(H,19,20)/t14?,16-/m0/s1. The average Bonchev–Trinajstić information content (AvgIpc) is 2.44. The highest BCUT2D eigenvalue weighted by Gasteiger charge is 2.13. The van der Waals surface area contributed by atoms with Gasteiger partial charge >= 0.3 is 5.97 Å². The summed E-state index contributed by atoms with van der Waals surface area (Å²) in [7, 11) is 0. The molecule has 1 unspecified atom stereocenters. The third-order valence-corrected chi connectivity index (χ3v) is 3.63. The Balaban J connectivity index is 2.71. The second kappa shape index (κ2) is 8.36. The number of carboxylic acid groups (broad SMARTS) is 1. The SMILES string of the molecule is CC#C[C@@H](CC(=O)O)c1ccc(OCC(C)C(C)C)cc1. The van der Waals surface area contributed by atoms with E-state index < -0.39 is 5.97 Å². The van der Waals surface area contributed by atoms with Crippen LogP contribution < -0.4 is 4.74 Å². The van der Waals surface area contributed by atoms with Gasteiger partial charge in [0.05, 0.1) is 18.9 Å². The van der Waals surface area contributed by atoms with Gasteiger partial charge in [-0.2, -0.15) is 0 Å². The number of benzene rings is 1. The van der Waals surface area contributed by atoms with Gasteiger partial charge in [0, 0.05) is 0 Å². The quantitative estimate of drug-likeness (QED) is 0.773. The van der Waals surface area contributed by atoms with Crippen molar-refractivity contribution in [3.63, 3.8) is 0 Å². The number of rotatable bonds is 7. The van der Waals surface area contributed by atoms with Gasteiger partial charge in [0.2, 0.25) is 0 Å². The summed E-state index contributed by atoms with van der Waals surface area (Å²) in [6.07, 6.45) is 0.0193. The third-order valence-electron chi connectivity index (χ3n) is 3.63. The van der Waals surface area contributed by atoms with Crippen molar-refractivity contribution in [1.29, 1.82) is 0 Å². The van der Waals surface area contributed by atoms with Crippen LogP contribution in [0.25, 0.3) is 0 Å². The molecule has 0 saturated heterocycles. The third kappa shape index (κ3) is 5.91. The molecule has 0 saturated carbocycles. The highest BCUT2D eigenvalue weighted by Crippen LogP contribution is 2.23. The second-order valence-corrected chi connectivity index (χ2v) is 5.65. The Labute approximate surface area is 127 Å². The topological polar surface area (TPSA) is 46.5 Å². The molecule has 1 N–H and O–H groups in total. The van der Waals surface area contributed by atoms with Gasteiger partial charge in [0.15, 0.2) is 0 Å². The lowest BCUT2D eigenvalue weighted by Crippen LogP contribution is -2.14. The number of carboxylic acids is 1. The maximum Gasteiger partial charge on any atom is 0.304 e. The fourth-order valence-corrected chi connectivity index (χ4v) is 1.82. The van der Waals surface area contributed by atoms with Crippen LogP contribution >= 0.6 is 0 Å². The van der Waals surface area contributed by atoms with E-state index in [0.29, 0.717) is 18.4 Å². The summed E-state index contributed by atoms with van der Waals surface area (Å²) < 4.78 is 5.75. The van der Waals surface area contributed by atoms with Crippen LogP contribution in [0.1, 0.15) is 45.6 Å². The van der Waals surface area contributed by atoms with E-state index in [9.17, 15) is 4.79 Å². The first-order valence-electron chi connectivity index (χ1n) is 7.30. The molecule has 0 bridgehead atoms. The van der Waals surface area contributed by atoms with E-state index in [0.717, 1.165) is 11.3 Å². The Morgan fingerprint density at radius 1 is 1.24 bits per heavy atom. The van der Waals surface area contributed by atoms with E-state index in [1.165, 1.54) is 0 Å². The van der Waals surface area contributed by atoms with Crippen molar-refractivity contribution < 1.29 is 14.6 Å². The number of ether oxygens (including phenoxy) is 1. The summed E-state index contributed by atoms with van der Waals surface area (Å²) >= 11 is 0. The van der Waals surface area contributed by atoms with Crippen molar-refractivity contribution in [1.82, 2.24) is 0 Å². The normalized spacial score (nSPS) is 13.2. The molecule has 0 amide bonds. The maximum atomic E-state index is 10.9. The fourth-order valence-electron chi connectivity index (χ4n) is 1.82. The summed E-state index contributed by atoms with van der Waals surface area (Å²) in [6.45, 7) is 8.93. The van der Waals surface area contributed by atoms with E-state index >= 15 is 0 Å². The molecule has 1 rings (SSSR count). The van der Waals surface area contributed by atoms with Crippen molar-refractivity contribution in [2.24, 2.45) is 11.8 Å². The summed E-state index contributed by atoms with van der Waals surface area (Å²) in [5.41, 5.74) is 0.913. The molecule has 114 valence electrons. The number of hydrogen-bond acceptors (Lipinski definition) is 2. The lowest BCUT2D eigenvalue weighted by atomic mass is 9.96. The van der Waals surface area contributed by atoms with Crippen LogP contribution in [0.15, 0.2) is 24.3 Å². The lowest BCUT2D eigenvalue weighted by molar-refractivity contribution is -0.137. The molecule has 0 spiro atoms. The van der Waals surface area contributed by atoms with E-state index in [4.69, 9.17) is 9.84 Å². The minimum atomic E-state index is -0.839. The molecule has 0 aliphatic heterocycles. The zero-order valence-electron chi connectivity index (χ0n) is 13.2. The second-order valence-electron chi connectivity index (χ2n) is 5.65. The Hall–Kier alpha value is -1.95. The van der Waals surface area contributed by atoms with Crippen LogP contribution in [0.2, 0.25) is 0 Å². The molecule has 1 aromatic rings. The van der Waals surface area contributed by atoms with Crippen LogP contribution in [-0.4, -0.2) is 17.7 Å². The molecule has 0 aromatic heterocycles. The van der Waals surface area contributed by atoms with Crippen LogP contribution in [0.5, 0.6) is 5.75 Å². The Bertz CT molecular complexity index is 506.